The molecule has 0 bridgehead atoms. The van der Waals surface area contributed by atoms with Crippen LogP contribution in [0.5, 0.6) is 0 Å². The molecule has 2 aromatic carbocycles. The van der Waals surface area contributed by atoms with Gasteiger partial charge in [0.1, 0.15) is 11.6 Å². The summed E-state index contributed by atoms with van der Waals surface area (Å²) in [5, 5.41) is 2.41. The molecular formula is C18H16F2N2O2. The molecule has 2 aromatic rings. The molecular weight excluding hydrogens is 314 g/mol. The van der Waals surface area contributed by atoms with Crippen LogP contribution in [0.2, 0.25) is 0 Å². The van der Waals surface area contributed by atoms with Crippen molar-refractivity contribution < 1.29 is 18.4 Å². The quantitative estimate of drug-likeness (QED) is 0.931. The van der Waals surface area contributed by atoms with Crippen LogP contribution in [-0.2, 0) is 4.79 Å². The number of nitrogens with one attached hydrogen (secondary N) is 1. The summed E-state index contributed by atoms with van der Waals surface area (Å²) in [6, 6.07) is 9.52. The van der Waals surface area contributed by atoms with Gasteiger partial charge in [-0.05, 0) is 37.1 Å². The van der Waals surface area contributed by atoms with Crippen LogP contribution >= 0.6 is 0 Å². The number of hydrogen-bond donors (Lipinski definition) is 1. The second kappa shape index (κ2) is 6.39. The Bertz CT molecular complexity index is 803. The van der Waals surface area contributed by atoms with Gasteiger partial charge in [-0.3, -0.25) is 9.59 Å². The van der Waals surface area contributed by atoms with Crippen LogP contribution in [0.25, 0.3) is 0 Å². The number of hydrogen-bond acceptors (Lipinski definition) is 2. The number of halogens is 2. The first-order valence-corrected chi connectivity index (χ1v) is 7.60. The third-order valence-electron chi connectivity index (χ3n) is 3.95. The van der Waals surface area contributed by atoms with Crippen LogP contribution in [0.1, 0.15) is 23.2 Å². The number of carbonyl (C=O) groups is 2. The smallest absolute Gasteiger partial charge is 0.257 e. The Labute approximate surface area is 138 Å². The number of benzene rings is 2. The maximum Gasteiger partial charge on any atom is 0.257 e. The van der Waals surface area contributed by atoms with E-state index in [9.17, 15) is 18.4 Å². The van der Waals surface area contributed by atoms with Crippen LogP contribution in [0.4, 0.5) is 20.2 Å². The standard InChI is InChI=1S/C18H16F2N2O2/c1-22(18(24)11-6-7-11)16-5-3-2-4-13(16)17(23)21-15-9-8-12(19)10-14(15)20/h2-5,8-11H,6-7H2,1H3,(H,21,23). The third-order valence-corrected chi connectivity index (χ3v) is 3.95. The number of rotatable bonds is 4. The van der Waals surface area contributed by atoms with E-state index in [1.54, 1.807) is 31.3 Å². The summed E-state index contributed by atoms with van der Waals surface area (Å²) in [5.74, 6) is -2.17. The monoisotopic (exact) mass is 330 g/mol. The molecule has 0 spiro atoms. The molecule has 0 unspecified atom stereocenters. The molecule has 0 aromatic heterocycles. The highest BCUT2D eigenvalue weighted by molar-refractivity contribution is 6.10. The van der Waals surface area contributed by atoms with E-state index in [1.807, 2.05) is 0 Å². The molecule has 0 heterocycles. The van der Waals surface area contributed by atoms with Gasteiger partial charge in [-0.25, -0.2) is 8.78 Å². The highest BCUT2D eigenvalue weighted by Crippen LogP contribution is 2.33. The number of carbonyl (C=O) groups excluding carboxylic acids is 2. The summed E-state index contributed by atoms with van der Waals surface area (Å²) in [5.41, 5.74) is 0.583. The molecule has 24 heavy (non-hydrogen) atoms. The van der Waals surface area contributed by atoms with E-state index in [1.165, 1.54) is 4.90 Å². The average molecular weight is 330 g/mol. The van der Waals surface area contributed by atoms with Gasteiger partial charge in [0.15, 0.2) is 0 Å². The Morgan fingerprint density at radius 3 is 2.50 bits per heavy atom. The molecule has 1 aliphatic rings. The number of amides is 2. The van der Waals surface area contributed by atoms with E-state index >= 15 is 0 Å². The molecule has 0 radical (unpaired) electrons. The van der Waals surface area contributed by atoms with Crippen LogP contribution in [-0.4, -0.2) is 18.9 Å². The molecule has 0 saturated heterocycles. The average Bonchev–Trinajstić information content (AvgIpc) is 3.41. The van der Waals surface area contributed by atoms with Gasteiger partial charge < -0.3 is 10.2 Å². The minimum atomic E-state index is -0.858. The Hall–Kier alpha value is -2.76. The lowest BCUT2D eigenvalue weighted by atomic mass is 10.1. The molecule has 4 nitrogen and oxygen atoms in total. The fraction of sp³-hybridized carbons (Fsp3) is 0.222. The van der Waals surface area contributed by atoms with Gasteiger partial charge in [0, 0.05) is 19.0 Å². The Balaban J connectivity index is 1.85. The zero-order valence-corrected chi connectivity index (χ0v) is 13.1. The highest BCUT2D eigenvalue weighted by Gasteiger charge is 2.33. The van der Waals surface area contributed by atoms with Crippen LogP contribution in [0.15, 0.2) is 42.5 Å². The zero-order valence-electron chi connectivity index (χ0n) is 13.1. The minimum Gasteiger partial charge on any atom is -0.319 e. The van der Waals surface area contributed by atoms with E-state index in [2.05, 4.69) is 5.32 Å². The van der Waals surface area contributed by atoms with Crippen molar-refractivity contribution in [1.82, 2.24) is 0 Å². The maximum absolute atomic E-state index is 13.7. The second-order valence-corrected chi connectivity index (χ2v) is 5.77. The van der Waals surface area contributed by atoms with Gasteiger partial charge in [-0.2, -0.15) is 0 Å². The highest BCUT2D eigenvalue weighted by atomic mass is 19.1. The summed E-state index contributed by atoms with van der Waals surface area (Å²) < 4.78 is 26.7. The maximum atomic E-state index is 13.7. The van der Waals surface area contributed by atoms with Crippen molar-refractivity contribution in [2.45, 2.75) is 12.8 Å². The first kappa shape index (κ1) is 16.1. The van der Waals surface area contributed by atoms with E-state index in [4.69, 9.17) is 0 Å². The van der Waals surface area contributed by atoms with Crippen molar-refractivity contribution in [3.8, 4) is 0 Å². The van der Waals surface area contributed by atoms with E-state index in [0.29, 0.717) is 11.8 Å². The first-order chi connectivity index (χ1) is 11.5. The normalized spacial score (nSPS) is 13.5. The SMILES string of the molecule is CN(C(=O)C1CC1)c1ccccc1C(=O)Nc1ccc(F)cc1F. The van der Waals surface area contributed by atoms with Crippen molar-refractivity contribution in [3.63, 3.8) is 0 Å². The van der Waals surface area contributed by atoms with Gasteiger partial charge in [0.05, 0.1) is 16.9 Å². The van der Waals surface area contributed by atoms with E-state index < -0.39 is 17.5 Å². The fourth-order valence-electron chi connectivity index (χ4n) is 2.46. The molecule has 0 aliphatic heterocycles. The van der Waals surface area contributed by atoms with Crippen molar-refractivity contribution >= 4 is 23.2 Å². The van der Waals surface area contributed by atoms with Crippen LogP contribution < -0.4 is 10.2 Å². The Kier molecular flexibility index (Phi) is 4.29. The molecule has 1 saturated carbocycles. The fourth-order valence-corrected chi connectivity index (χ4v) is 2.46. The van der Waals surface area contributed by atoms with E-state index in [0.717, 1.165) is 25.0 Å². The summed E-state index contributed by atoms with van der Waals surface area (Å²) in [6.45, 7) is 0. The van der Waals surface area contributed by atoms with Gasteiger partial charge in [-0.15, -0.1) is 0 Å². The summed E-state index contributed by atoms with van der Waals surface area (Å²) >= 11 is 0. The summed E-state index contributed by atoms with van der Waals surface area (Å²) in [6.07, 6.45) is 1.72. The van der Waals surface area contributed by atoms with Gasteiger partial charge in [0.2, 0.25) is 5.91 Å². The Morgan fingerprint density at radius 1 is 1.12 bits per heavy atom. The van der Waals surface area contributed by atoms with Crippen LogP contribution in [0, 0.1) is 17.6 Å². The molecule has 1 N–H and O–H groups in total. The van der Waals surface area contributed by atoms with Crippen molar-refractivity contribution in [2.75, 3.05) is 17.3 Å². The molecule has 6 heteroatoms. The molecule has 3 rings (SSSR count). The number of para-hydroxylation sites is 1. The van der Waals surface area contributed by atoms with Crippen LogP contribution in [0.3, 0.4) is 0 Å². The predicted octanol–water partition coefficient (Wildman–Crippen LogP) is 3.59. The molecule has 124 valence electrons. The second-order valence-electron chi connectivity index (χ2n) is 5.77. The van der Waals surface area contributed by atoms with Crippen molar-refractivity contribution in [3.05, 3.63) is 59.7 Å². The predicted molar refractivity (Wildman–Crippen MR) is 86.9 cm³/mol. The zero-order chi connectivity index (χ0) is 17.3. The number of anilines is 2. The largest absolute Gasteiger partial charge is 0.319 e. The topological polar surface area (TPSA) is 49.4 Å². The molecule has 1 fully saturated rings. The van der Waals surface area contributed by atoms with Gasteiger partial charge in [-0.1, -0.05) is 12.1 Å². The van der Waals surface area contributed by atoms with Gasteiger partial charge in [0.25, 0.3) is 5.91 Å². The van der Waals surface area contributed by atoms with Crippen molar-refractivity contribution in [2.24, 2.45) is 5.92 Å². The Morgan fingerprint density at radius 2 is 1.83 bits per heavy atom. The van der Waals surface area contributed by atoms with Gasteiger partial charge >= 0.3 is 0 Å². The lowest BCUT2D eigenvalue weighted by Gasteiger charge is -2.20. The number of nitrogens with zero attached hydrogens (tertiary/aromatic N) is 1. The minimum absolute atomic E-state index is 0.0145. The lowest BCUT2D eigenvalue weighted by molar-refractivity contribution is -0.119. The van der Waals surface area contributed by atoms with Crippen molar-refractivity contribution in [1.29, 1.82) is 0 Å². The summed E-state index contributed by atoms with van der Waals surface area (Å²) in [4.78, 5) is 26.2. The summed E-state index contributed by atoms with van der Waals surface area (Å²) in [7, 11) is 1.62. The lowest BCUT2D eigenvalue weighted by Crippen LogP contribution is -2.30. The molecule has 2 amide bonds. The molecule has 1 aliphatic carbocycles. The molecule has 0 atom stereocenters. The first-order valence-electron chi connectivity index (χ1n) is 7.60. The third kappa shape index (κ3) is 3.27. The van der Waals surface area contributed by atoms with E-state index in [-0.39, 0.29) is 23.1 Å².